The van der Waals surface area contributed by atoms with Gasteiger partial charge in [0.25, 0.3) is 0 Å². The summed E-state index contributed by atoms with van der Waals surface area (Å²) in [5.41, 5.74) is 1.44. The first-order valence-electron chi connectivity index (χ1n) is 7.38. The van der Waals surface area contributed by atoms with Gasteiger partial charge in [-0.05, 0) is 55.9 Å². The molecule has 0 spiro atoms. The maximum absolute atomic E-state index is 5.96. The van der Waals surface area contributed by atoms with Gasteiger partial charge in [-0.2, -0.15) is 0 Å². The normalized spacial score (nSPS) is 23.3. The van der Waals surface area contributed by atoms with Crippen molar-refractivity contribution in [2.75, 3.05) is 0 Å². The van der Waals surface area contributed by atoms with E-state index in [0.29, 0.717) is 11.5 Å². The van der Waals surface area contributed by atoms with Crippen LogP contribution in [0.25, 0.3) is 11.0 Å². The zero-order chi connectivity index (χ0) is 14.3. The van der Waals surface area contributed by atoms with Crippen LogP contribution in [0.2, 0.25) is 0 Å². The predicted molar refractivity (Wildman–Crippen MR) is 86.9 cm³/mol. The molecule has 0 radical (unpaired) electrons. The van der Waals surface area contributed by atoms with Gasteiger partial charge < -0.3 is 9.73 Å². The van der Waals surface area contributed by atoms with Gasteiger partial charge in [0.05, 0.1) is 6.04 Å². The summed E-state index contributed by atoms with van der Waals surface area (Å²) < 4.78 is 7.06. The molecule has 2 unspecified atom stereocenters. The molecule has 2 nitrogen and oxygen atoms in total. The van der Waals surface area contributed by atoms with Crippen molar-refractivity contribution in [2.24, 2.45) is 5.41 Å². The van der Waals surface area contributed by atoms with Crippen LogP contribution in [0.1, 0.15) is 51.8 Å². The molecule has 1 N–H and O–H groups in total. The minimum atomic E-state index is 0.264. The van der Waals surface area contributed by atoms with Crippen LogP contribution in [0.15, 0.2) is 33.2 Å². The van der Waals surface area contributed by atoms with E-state index in [2.05, 4.69) is 54.2 Å². The number of furan rings is 1. The van der Waals surface area contributed by atoms with E-state index < -0.39 is 0 Å². The van der Waals surface area contributed by atoms with Gasteiger partial charge in [-0.3, -0.25) is 0 Å². The number of rotatable bonds is 3. The molecular formula is C17H22BrNO. The monoisotopic (exact) mass is 335 g/mol. The fraction of sp³-hybridized carbons (Fsp3) is 0.529. The van der Waals surface area contributed by atoms with Crippen molar-refractivity contribution < 1.29 is 4.42 Å². The molecule has 1 aliphatic carbocycles. The molecule has 20 heavy (non-hydrogen) atoms. The lowest BCUT2D eigenvalue weighted by Gasteiger charge is -2.20. The van der Waals surface area contributed by atoms with Gasteiger partial charge in [0.15, 0.2) is 0 Å². The van der Waals surface area contributed by atoms with Gasteiger partial charge in [-0.15, -0.1) is 0 Å². The van der Waals surface area contributed by atoms with Crippen molar-refractivity contribution in [1.29, 1.82) is 0 Å². The Morgan fingerprint density at radius 2 is 2.15 bits per heavy atom. The average Bonchev–Trinajstić information content (AvgIpc) is 2.92. The van der Waals surface area contributed by atoms with E-state index in [4.69, 9.17) is 4.42 Å². The van der Waals surface area contributed by atoms with Crippen LogP contribution in [0.4, 0.5) is 0 Å². The zero-order valence-corrected chi connectivity index (χ0v) is 14.0. The second-order valence-electron chi connectivity index (χ2n) is 6.82. The second kappa shape index (κ2) is 5.19. The molecule has 1 aliphatic rings. The van der Waals surface area contributed by atoms with Crippen LogP contribution in [0, 0.1) is 5.41 Å². The van der Waals surface area contributed by atoms with Gasteiger partial charge in [0.2, 0.25) is 0 Å². The largest absolute Gasteiger partial charge is 0.459 e. The maximum Gasteiger partial charge on any atom is 0.134 e. The lowest BCUT2D eigenvalue weighted by molar-refractivity contribution is 0.346. The van der Waals surface area contributed by atoms with E-state index in [1.54, 1.807) is 0 Å². The first kappa shape index (κ1) is 14.2. The Balaban J connectivity index is 1.74. The van der Waals surface area contributed by atoms with Crippen LogP contribution in [0.3, 0.4) is 0 Å². The molecule has 1 fully saturated rings. The van der Waals surface area contributed by atoms with Crippen LogP contribution in [-0.2, 0) is 0 Å². The number of benzene rings is 1. The molecule has 3 heteroatoms. The van der Waals surface area contributed by atoms with Gasteiger partial charge in [-0.25, -0.2) is 0 Å². The molecule has 108 valence electrons. The first-order valence-corrected chi connectivity index (χ1v) is 8.17. The highest BCUT2D eigenvalue weighted by Crippen LogP contribution is 2.38. The minimum absolute atomic E-state index is 0.264. The van der Waals surface area contributed by atoms with Gasteiger partial charge in [-0.1, -0.05) is 29.8 Å². The molecule has 2 aromatic rings. The molecule has 1 aromatic heterocycles. The Bertz CT molecular complexity index is 616. The van der Waals surface area contributed by atoms with Crippen LogP contribution >= 0.6 is 15.9 Å². The zero-order valence-electron chi connectivity index (χ0n) is 12.4. The van der Waals surface area contributed by atoms with Gasteiger partial charge in [0.1, 0.15) is 11.3 Å². The number of halogens is 1. The van der Waals surface area contributed by atoms with E-state index in [1.807, 2.05) is 12.1 Å². The molecule has 0 amide bonds. The minimum Gasteiger partial charge on any atom is -0.459 e. The van der Waals surface area contributed by atoms with Crippen LogP contribution < -0.4 is 5.32 Å². The maximum atomic E-state index is 5.96. The summed E-state index contributed by atoms with van der Waals surface area (Å²) in [6, 6.07) is 9.17. The molecule has 1 saturated carbocycles. The summed E-state index contributed by atoms with van der Waals surface area (Å²) in [6.45, 7) is 6.91. The molecule has 0 aliphatic heterocycles. The predicted octanol–water partition coefficient (Wildman–Crippen LogP) is 5.42. The summed E-state index contributed by atoms with van der Waals surface area (Å²) in [5, 5.41) is 4.88. The highest BCUT2D eigenvalue weighted by molar-refractivity contribution is 9.10. The Morgan fingerprint density at radius 3 is 2.85 bits per heavy atom. The molecule has 0 saturated heterocycles. The van der Waals surface area contributed by atoms with Crippen molar-refractivity contribution in [2.45, 2.75) is 52.1 Å². The van der Waals surface area contributed by atoms with E-state index in [1.165, 1.54) is 19.3 Å². The third kappa shape index (κ3) is 2.94. The van der Waals surface area contributed by atoms with E-state index in [0.717, 1.165) is 21.2 Å². The molecule has 3 rings (SSSR count). The van der Waals surface area contributed by atoms with Gasteiger partial charge in [0, 0.05) is 15.9 Å². The Hall–Kier alpha value is -0.800. The van der Waals surface area contributed by atoms with Crippen LogP contribution in [0.5, 0.6) is 0 Å². The third-order valence-electron chi connectivity index (χ3n) is 4.38. The fourth-order valence-electron chi connectivity index (χ4n) is 3.26. The summed E-state index contributed by atoms with van der Waals surface area (Å²) in [6.07, 6.45) is 3.83. The Kier molecular flexibility index (Phi) is 3.67. The molecule has 2 atom stereocenters. The smallest absolute Gasteiger partial charge is 0.134 e. The summed E-state index contributed by atoms with van der Waals surface area (Å²) >= 11 is 3.50. The van der Waals surface area contributed by atoms with Gasteiger partial charge >= 0.3 is 0 Å². The van der Waals surface area contributed by atoms with E-state index in [9.17, 15) is 0 Å². The lowest BCUT2D eigenvalue weighted by atomic mass is 9.92. The standard InChI is InChI=1S/C17H22BrNO/c1-11(19-14-6-7-17(2,3)10-14)16-9-12-8-13(18)4-5-15(12)20-16/h4-5,8-9,11,14,19H,6-7,10H2,1-3H3. The number of fused-ring (bicyclic) bond motifs is 1. The summed E-state index contributed by atoms with van der Waals surface area (Å²) in [4.78, 5) is 0. The summed E-state index contributed by atoms with van der Waals surface area (Å²) in [7, 11) is 0. The van der Waals surface area contributed by atoms with Crippen molar-refractivity contribution in [1.82, 2.24) is 5.32 Å². The highest BCUT2D eigenvalue weighted by atomic mass is 79.9. The fourth-order valence-corrected chi connectivity index (χ4v) is 3.64. The third-order valence-corrected chi connectivity index (χ3v) is 4.87. The van der Waals surface area contributed by atoms with Crippen molar-refractivity contribution in [3.63, 3.8) is 0 Å². The van der Waals surface area contributed by atoms with E-state index >= 15 is 0 Å². The SMILES string of the molecule is CC(NC1CCC(C)(C)C1)c1cc2cc(Br)ccc2o1. The molecule has 1 heterocycles. The quantitative estimate of drug-likeness (QED) is 0.809. The second-order valence-corrected chi connectivity index (χ2v) is 7.74. The Labute approximate surface area is 129 Å². The topological polar surface area (TPSA) is 25.2 Å². The van der Waals surface area contributed by atoms with Crippen LogP contribution in [-0.4, -0.2) is 6.04 Å². The average molecular weight is 336 g/mol. The first-order chi connectivity index (χ1) is 9.43. The van der Waals surface area contributed by atoms with Crippen molar-refractivity contribution in [3.05, 3.63) is 34.5 Å². The van der Waals surface area contributed by atoms with Crippen molar-refractivity contribution >= 4 is 26.9 Å². The molecular weight excluding hydrogens is 314 g/mol. The lowest BCUT2D eigenvalue weighted by Crippen LogP contribution is -2.29. The van der Waals surface area contributed by atoms with E-state index in [-0.39, 0.29) is 6.04 Å². The molecule has 1 aromatic carbocycles. The number of nitrogens with one attached hydrogen (secondary N) is 1. The molecule has 0 bridgehead atoms. The summed E-state index contributed by atoms with van der Waals surface area (Å²) in [5.74, 6) is 1.03. The number of hydrogen-bond donors (Lipinski definition) is 1. The highest BCUT2D eigenvalue weighted by Gasteiger charge is 2.31. The number of hydrogen-bond acceptors (Lipinski definition) is 2. The van der Waals surface area contributed by atoms with Crippen molar-refractivity contribution in [3.8, 4) is 0 Å². The Morgan fingerprint density at radius 1 is 1.35 bits per heavy atom.